The lowest BCUT2D eigenvalue weighted by atomic mass is 9.75. The van der Waals surface area contributed by atoms with Crippen molar-refractivity contribution < 1.29 is 18.0 Å². The summed E-state index contributed by atoms with van der Waals surface area (Å²) in [5.74, 6) is 0.827. The van der Waals surface area contributed by atoms with Crippen molar-refractivity contribution in [3.8, 4) is 0 Å². The standard InChI is InChI=1S/C18H21F3N2O/c1-2-12-11-23-8-7-14(12)9-16(23)10-22-17(24)13-3-5-15(6-4-13)18(19,20)21/h2-6,12,14,16H,1,7-11H2,(H,22,24). The van der Waals surface area contributed by atoms with Crippen molar-refractivity contribution in [1.29, 1.82) is 0 Å². The number of alkyl halides is 3. The number of nitrogens with zero attached hydrogens (tertiary/aromatic N) is 1. The van der Waals surface area contributed by atoms with Crippen LogP contribution in [-0.2, 0) is 6.18 Å². The van der Waals surface area contributed by atoms with Crippen LogP contribution in [-0.4, -0.2) is 36.5 Å². The number of piperidine rings is 3. The Labute approximate surface area is 139 Å². The first-order valence-electron chi connectivity index (χ1n) is 8.20. The average molecular weight is 338 g/mol. The molecule has 3 fully saturated rings. The van der Waals surface area contributed by atoms with Gasteiger partial charge in [-0.05, 0) is 55.5 Å². The monoisotopic (exact) mass is 338 g/mol. The van der Waals surface area contributed by atoms with Crippen molar-refractivity contribution in [3.63, 3.8) is 0 Å². The molecule has 0 aromatic heterocycles. The summed E-state index contributed by atoms with van der Waals surface area (Å²) in [5, 5.41) is 2.86. The minimum absolute atomic E-state index is 0.253. The zero-order chi connectivity index (χ0) is 17.3. The fourth-order valence-electron chi connectivity index (χ4n) is 3.78. The normalized spacial score (nSPS) is 29.3. The predicted octanol–water partition coefficient (Wildman–Crippen LogP) is 3.33. The van der Waals surface area contributed by atoms with Gasteiger partial charge in [-0.15, -0.1) is 6.58 Å². The average Bonchev–Trinajstić information content (AvgIpc) is 2.59. The minimum atomic E-state index is -4.38. The first-order valence-corrected chi connectivity index (χ1v) is 8.20. The van der Waals surface area contributed by atoms with Gasteiger partial charge in [0, 0.05) is 24.7 Å². The van der Waals surface area contributed by atoms with E-state index < -0.39 is 11.7 Å². The second-order valence-corrected chi connectivity index (χ2v) is 6.62. The van der Waals surface area contributed by atoms with Gasteiger partial charge >= 0.3 is 6.18 Å². The van der Waals surface area contributed by atoms with Crippen molar-refractivity contribution in [1.82, 2.24) is 10.2 Å². The Bertz CT molecular complexity index is 612. The van der Waals surface area contributed by atoms with E-state index in [2.05, 4.69) is 16.8 Å². The first kappa shape index (κ1) is 17.0. The Kier molecular flexibility index (Phi) is 4.67. The summed E-state index contributed by atoms with van der Waals surface area (Å²) in [6.45, 7) is 6.44. The fraction of sp³-hybridized carbons (Fsp3) is 0.500. The van der Waals surface area contributed by atoms with Crippen LogP contribution in [0, 0.1) is 11.8 Å². The van der Waals surface area contributed by atoms with Crippen LogP contribution in [0.3, 0.4) is 0 Å². The van der Waals surface area contributed by atoms with Crippen molar-refractivity contribution in [2.45, 2.75) is 25.1 Å². The molecule has 1 aromatic rings. The molecule has 0 spiro atoms. The molecular formula is C18H21F3N2O. The number of rotatable bonds is 4. The topological polar surface area (TPSA) is 32.3 Å². The summed E-state index contributed by atoms with van der Waals surface area (Å²) >= 11 is 0. The highest BCUT2D eigenvalue weighted by molar-refractivity contribution is 5.94. The maximum Gasteiger partial charge on any atom is 0.416 e. The summed E-state index contributed by atoms with van der Waals surface area (Å²) < 4.78 is 37.6. The third-order valence-corrected chi connectivity index (χ3v) is 5.20. The molecule has 3 aliphatic rings. The third kappa shape index (κ3) is 3.48. The maximum atomic E-state index is 12.5. The second-order valence-electron chi connectivity index (χ2n) is 6.62. The molecule has 6 heteroatoms. The van der Waals surface area contributed by atoms with Gasteiger partial charge in [0.25, 0.3) is 5.91 Å². The van der Waals surface area contributed by atoms with Crippen LogP contribution >= 0.6 is 0 Å². The van der Waals surface area contributed by atoms with E-state index in [0.29, 0.717) is 24.4 Å². The van der Waals surface area contributed by atoms with Crippen LogP contribution in [0.25, 0.3) is 0 Å². The highest BCUT2D eigenvalue weighted by Gasteiger charge is 2.38. The molecule has 1 N–H and O–H groups in total. The van der Waals surface area contributed by atoms with Gasteiger partial charge in [0.15, 0.2) is 0 Å². The van der Waals surface area contributed by atoms with E-state index in [4.69, 9.17) is 0 Å². The molecule has 3 nitrogen and oxygen atoms in total. The van der Waals surface area contributed by atoms with Crippen LogP contribution in [0.4, 0.5) is 13.2 Å². The van der Waals surface area contributed by atoms with Gasteiger partial charge in [0.1, 0.15) is 0 Å². The molecule has 0 saturated carbocycles. The summed E-state index contributed by atoms with van der Waals surface area (Å²) in [5.41, 5.74) is -0.492. The van der Waals surface area contributed by atoms with Crippen LogP contribution in [0.15, 0.2) is 36.9 Å². The van der Waals surface area contributed by atoms with Gasteiger partial charge in [-0.2, -0.15) is 13.2 Å². The molecule has 4 atom stereocenters. The number of hydrogen-bond donors (Lipinski definition) is 1. The quantitative estimate of drug-likeness (QED) is 0.854. The fourth-order valence-corrected chi connectivity index (χ4v) is 3.78. The van der Waals surface area contributed by atoms with Gasteiger partial charge in [0.05, 0.1) is 5.56 Å². The van der Waals surface area contributed by atoms with Crippen molar-refractivity contribution in [2.75, 3.05) is 19.6 Å². The first-order chi connectivity index (χ1) is 11.4. The van der Waals surface area contributed by atoms with Gasteiger partial charge < -0.3 is 5.32 Å². The lowest BCUT2D eigenvalue weighted by molar-refractivity contribution is -0.137. The summed E-state index contributed by atoms with van der Waals surface area (Å²) in [4.78, 5) is 14.5. The van der Waals surface area contributed by atoms with E-state index >= 15 is 0 Å². The number of hydrogen-bond acceptors (Lipinski definition) is 2. The Morgan fingerprint density at radius 2 is 2.04 bits per heavy atom. The zero-order valence-electron chi connectivity index (χ0n) is 13.4. The smallest absolute Gasteiger partial charge is 0.350 e. The Hall–Kier alpha value is -1.82. The molecule has 3 heterocycles. The summed E-state index contributed by atoms with van der Waals surface area (Å²) in [6.07, 6.45) is -0.164. The van der Waals surface area contributed by atoms with Crippen LogP contribution in [0.1, 0.15) is 28.8 Å². The molecule has 0 radical (unpaired) electrons. The van der Waals surface area contributed by atoms with Crippen molar-refractivity contribution in [3.05, 3.63) is 48.0 Å². The molecule has 1 amide bonds. The Morgan fingerprint density at radius 1 is 1.33 bits per heavy atom. The Balaban J connectivity index is 1.56. The number of benzene rings is 1. The van der Waals surface area contributed by atoms with E-state index in [1.165, 1.54) is 18.6 Å². The van der Waals surface area contributed by atoms with Gasteiger partial charge in [-0.3, -0.25) is 9.69 Å². The number of amides is 1. The minimum Gasteiger partial charge on any atom is -0.350 e. The summed E-state index contributed by atoms with van der Waals surface area (Å²) in [6, 6.07) is 4.63. The highest BCUT2D eigenvalue weighted by Crippen LogP contribution is 2.36. The maximum absolute atomic E-state index is 12.5. The van der Waals surface area contributed by atoms with Crippen LogP contribution < -0.4 is 5.32 Å². The molecule has 0 aliphatic carbocycles. The van der Waals surface area contributed by atoms with Gasteiger partial charge in [-0.1, -0.05) is 6.08 Å². The van der Waals surface area contributed by atoms with Crippen LogP contribution in [0.2, 0.25) is 0 Å². The third-order valence-electron chi connectivity index (χ3n) is 5.20. The summed E-state index contributed by atoms with van der Waals surface area (Å²) in [7, 11) is 0. The number of fused-ring (bicyclic) bond motifs is 3. The van der Waals surface area contributed by atoms with Crippen molar-refractivity contribution in [2.24, 2.45) is 11.8 Å². The second kappa shape index (κ2) is 6.59. The lowest BCUT2D eigenvalue weighted by Gasteiger charge is -2.49. The Morgan fingerprint density at radius 3 is 2.58 bits per heavy atom. The van der Waals surface area contributed by atoms with E-state index in [0.717, 1.165) is 31.6 Å². The van der Waals surface area contributed by atoms with Crippen molar-refractivity contribution >= 4 is 5.91 Å². The zero-order valence-corrected chi connectivity index (χ0v) is 13.4. The molecule has 2 bridgehead atoms. The molecule has 3 aliphatic heterocycles. The number of carbonyl (C=O) groups is 1. The molecule has 4 rings (SSSR count). The predicted molar refractivity (Wildman–Crippen MR) is 85.5 cm³/mol. The van der Waals surface area contributed by atoms with Crippen LogP contribution in [0.5, 0.6) is 0 Å². The molecule has 4 unspecified atom stereocenters. The lowest BCUT2D eigenvalue weighted by Crippen LogP contribution is -2.56. The molecular weight excluding hydrogens is 317 g/mol. The molecule has 3 saturated heterocycles. The van der Waals surface area contributed by atoms with E-state index in [-0.39, 0.29) is 11.5 Å². The van der Waals surface area contributed by atoms with Gasteiger partial charge in [0.2, 0.25) is 0 Å². The molecule has 130 valence electrons. The number of halogens is 3. The largest absolute Gasteiger partial charge is 0.416 e. The molecule has 24 heavy (non-hydrogen) atoms. The van der Waals surface area contributed by atoms with E-state index in [1.54, 1.807) is 0 Å². The highest BCUT2D eigenvalue weighted by atomic mass is 19.4. The SMILES string of the molecule is C=CC1CN2CCC1CC2CNC(=O)c1ccc(C(F)(F)F)cc1. The number of nitrogens with one attached hydrogen (secondary N) is 1. The van der Waals surface area contributed by atoms with E-state index in [1.807, 2.05) is 6.08 Å². The van der Waals surface area contributed by atoms with E-state index in [9.17, 15) is 18.0 Å². The van der Waals surface area contributed by atoms with Gasteiger partial charge in [-0.25, -0.2) is 0 Å². The number of carbonyl (C=O) groups excluding carboxylic acids is 1. The molecule has 1 aromatic carbocycles.